The molecular weight excluding hydrogens is 411 g/mol. The minimum atomic E-state index is -0.870. The summed E-state index contributed by atoms with van der Waals surface area (Å²) in [4.78, 5) is 34.2. The quantitative estimate of drug-likeness (QED) is 0.274. The Kier molecular flexibility index (Phi) is 4.90. The van der Waals surface area contributed by atoms with Gasteiger partial charge in [0.05, 0.1) is 26.6 Å². The highest BCUT2D eigenvalue weighted by atomic mass is 35.5. The van der Waals surface area contributed by atoms with Gasteiger partial charge in [0.25, 0.3) is 5.69 Å². The van der Waals surface area contributed by atoms with Gasteiger partial charge in [-0.05, 0) is 18.2 Å². The fourth-order valence-electron chi connectivity index (χ4n) is 2.22. The summed E-state index contributed by atoms with van der Waals surface area (Å²) in [6, 6.07) is 6.26. The van der Waals surface area contributed by atoms with Crippen LogP contribution < -0.4 is 10.5 Å². The van der Waals surface area contributed by atoms with Gasteiger partial charge in [-0.15, -0.1) is 0 Å². The number of rotatable bonds is 4. The van der Waals surface area contributed by atoms with Gasteiger partial charge in [0.2, 0.25) is 0 Å². The standard InChI is InChI=1S/C15H7Cl3N2O6/c16-7-3-9(17)14(10(18)4-7)26-13(21)6-19-11-2-1-8(20(23)24)5-12(11)25-15(19)22/h1-5H,6H2. The fraction of sp³-hybridized carbons (Fsp3) is 0.0667. The molecular formula is C15H7Cl3N2O6. The topological polar surface area (TPSA) is 105 Å². The van der Waals surface area contributed by atoms with E-state index in [0.717, 1.165) is 10.6 Å². The lowest BCUT2D eigenvalue weighted by molar-refractivity contribution is -0.384. The van der Waals surface area contributed by atoms with E-state index in [1.165, 1.54) is 24.3 Å². The highest BCUT2D eigenvalue weighted by Gasteiger charge is 2.19. The number of hydrogen-bond donors (Lipinski definition) is 0. The van der Waals surface area contributed by atoms with Crippen LogP contribution >= 0.6 is 34.8 Å². The zero-order valence-corrected chi connectivity index (χ0v) is 14.8. The molecule has 0 amide bonds. The minimum Gasteiger partial charge on any atom is -0.422 e. The summed E-state index contributed by atoms with van der Waals surface area (Å²) in [6.07, 6.45) is 0. The molecule has 2 aromatic carbocycles. The molecule has 0 bridgehead atoms. The van der Waals surface area contributed by atoms with Crippen molar-refractivity contribution in [3.05, 3.63) is 66.1 Å². The number of nitrogens with zero attached hydrogens (tertiary/aromatic N) is 2. The van der Waals surface area contributed by atoms with Crippen molar-refractivity contribution < 1.29 is 18.9 Å². The van der Waals surface area contributed by atoms with Gasteiger partial charge in [-0.25, -0.2) is 9.59 Å². The van der Waals surface area contributed by atoms with Crippen molar-refractivity contribution >= 4 is 57.6 Å². The van der Waals surface area contributed by atoms with E-state index in [9.17, 15) is 19.7 Å². The molecule has 0 spiro atoms. The van der Waals surface area contributed by atoms with Crippen LogP contribution in [0.2, 0.25) is 15.1 Å². The molecule has 1 heterocycles. The summed E-state index contributed by atoms with van der Waals surface area (Å²) in [5.41, 5.74) is -0.0777. The van der Waals surface area contributed by atoms with Gasteiger partial charge in [-0.1, -0.05) is 34.8 Å². The summed E-state index contributed by atoms with van der Waals surface area (Å²) >= 11 is 17.7. The molecule has 0 saturated carbocycles. The van der Waals surface area contributed by atoms with Gasteiger partial charge in [0.1, 0.15) is 6.54 Å². The number of oxazole rings is 1. The first-order chi connectivity index (χ1) is 12.3. The zero-order chi connectivity index (χ0) is 19.0. The Balaban J connectivity index is 1.89. The first-order valence-electron chi connectivity index (χ1n) is 6.89. The Labute approximate surface area is 159 Å². The number of benzene rings is 2. The molecule has 0 N–H and O–H groups in total. The molecule has 0 fully saturated rings. The predicted molar refractivity (Wildman–Crippen MR) is 94.2 cm³/mol. The zero-order valence-electron chi connectivity index (χ0n) is 12.6. The van der Waals surface area contributed by atoms with E-state index < -0.39 is 23.2 Å². The minimum absolute atomic E-state index is 0.0240. The fourth-order valence-corrected chi connectivity index (χ4v) is 3.11. The maximum absolute atomic E-state index is 12.2. The largest absolute Gasteiger partial charge is 0.422 e. The second kappa shape index (κ2) is 6.99. The summed E-state index contributed by atoms with van der Waals surface area (Å²) in [5.74, 6) is -1.82. The number of non-ortho nitro benzene ring substituents is 1. The van der Waals surface area contributed by atoms with E-state index in [1.807, 2.05) is 0 Å². The second-order valence-electron chi connectivity index (χ2n) is 5.04. The van der Waals surface area contributed by atoms with Crippen LogP contribution in [0.25, 0.3) is 11.1 Å². The monoisotopic (exact) mass is 416 g/mol. The van der Waals surface area contributed by atoms with E-state index in [0.29, 0.717) is 0 Å². The van der Waals surface area contributed by atoms with Crippen LogP contribution in [0, 0.1) is 10.1 Å². The Morgan fingerprint density at radius 3 is 2.46 bits per heavy atom. The first kappa shape index (κ1) is 18.2. The van der Waals surface area contributed by atoms with Crippen LogP contribution in [0.4, 0.5) is 5.69 Å². The molecule has 0 unspecified atom stereocenters. The normalized spacial score (nSPS) is 10.9. The Bertz CT molecular complexity index is 1080. The summed E-state index contributed by atoms with van der Waals surface area (Å²) in [5, 5.41) is 11.1. The van der Waals surface area contributed by atoms with Crippen molar-refractivity contribution in [3.8, 4) is 5.75 Å². The Morgan fingerprint density at radius 2 is 1.85 bits per heavy atom. The third-order valence-electron chi connectivity index (χ3n) is 3.33. The van der Waals surface area contributed by atoms with Crippen molar-refractivity contribution in [1.82, 2.24) is 4.57 Å². The van der Waals surface area contributed by atoms with Crippen molar-refractivity contribution in [2.75, 3.05) is 0 Å². The average Bonchev–Trinajstić information content (AvgIpc) is 2.85. The lowest BCUT2D eigenvalue weighted by Gasteiger charge is -2.09. The average molecular weight is 418 g/mol. The molecule has 0 saturated heterocycles. The van der Waals surface area contributed by atoms with Gasteiger partial charge in [0, 0.05) is 11.1 Å². The number of ether oxygens (including phenoxy) is 1. The van der Waals surface area contributed by atoms with Crippen LogP contribution in [0.1, 0.15) is 0 Å². The highest BCUT2D eigenvalue weighted by Crippen LogP contribution is 2.36. The molecule has 0 aliphatic rings. The molecule has 3 aromatic rings. The number of fused-ring (bicyclic) bond motifs is 1. The van der Waals surface area contributed by atoms with Crippen LogP contribution in [0.15, 0.2) is 39.5 Å². The maximum atomic E-state index is 12.2. The summed E-state index contributed by atoms with van der Waals surface area (Å²) < 4.78 is 11.0. The first-order valence-corrected chi connectivity index (χ1v) is 8.02. The van der Waals surface area contributed by atoms with E-state index in [2.05, 4.69) is 0 Å². The molecule has 0 aliphatic heterocycles. The molecule has 8 nitrogen and oxygen atoms in total. The van der Waals surface area contributed by atoms with E-state index in [1.54, 1.807) is 0 Å². The predicted octanol–water partition coefficient (Wildman–Crippen LogP) is 4.07. The molecule has 0 atom stereocenters. The molecule has 26 heavy (non-hydrogen) atoms. The van der Waals surface area contributed by atoms with Crippen molar-refractivity contribution in [2.24, 2.45) is 0 Å². The highest BCUT2D eigenvalue weighted by molar-refractivity contribution is 6.40. The number of hydrogen-bond acceptors (Lipinski definition) is 6. The van der Waals surface area contributed by atoms with Gasteiger partial charge < -0.3 is 9.15 Å². The van der Waals surface area contributed by atoms with Gasteiger partial charge in [-0.3, -0.25) is 14.7 Å². The van der Waals surface area contributed by atoms with Crippen LogP contribution in [-0.4, -0.2) is 15.5 Å². The number of carbonyl (C=O) groups is 1. The van der Waals surface area contributed by atoms with E-state index in [4.69, 9.17) is 44.0 Å². The summed E-state index contributed by atoms with van der Waals surface area (Å²) in [6.45, 7) is -0.515. The third-order valence-corrected chi connectivity index (χ3v) is 4.11. The lowest BCUT2D eigenvalue weighted by atomic mass is 10.3. The Hall–Kier alpha value is -2.55. The van der Waals surface area contributed by atoms with Crippen LogP contribution in [0.5, 0.6) is 5.75 Å². The second-order valence-corrected chi connectivity index (χ2v) is 6.29. The molecule has 3 rings (SSSR count). The van der Waals surface area contributed by atoms with E-state index >= 15 is 0 Å². The SMILES string of the molecule is O=C(Cn1c(=O)oc2cc([N+](=O)[O-])ccc21)Oc1c(Cl)cc(Cl)cc1Cl. The molecule has 1 aromatic heterocycles. The smallest absolute Gasteiger partial charge is 0.420 e. The van der Waals surface area contributed by atoms with Crippen molar-refractivity contribution in [2.45, 2.75) is 6.54 Å². The number of nitro benzene ring substituents is 1. The molecule has 0 aliphatic carbocycles. The lowest BCUT2D eigenvalue weighted by Crippen LogP contribution is -2.23. The third kappa shape index (κ3) is 3.52. The number of aromatic nitrogens is 1. The van der Waals surface area contributed by atoms with Gasteiger partial charge in [0.15, 0.2) is 11.3 Å². The van der Waals surface area contributed by atoms with Gasteiger partial charge >= 0.3 is 11.7 Å². The van der Waals surface area contributed by atoms with Gasteiger partial charge in [-0.2, -0.15) is 0 Å². The number of nitro groups is 1. The number of carbonyl (C=O) groups excluding carboxylic acids is 1. The van der Waals surface area contributed by atoms with E-state index in [-0.39, 0.29) is 37.6 Å². The number of halogens is 3. The number of esters is 1. The molecule has 134 valence electrons. The van der Waals surface area contributed by atoms with Crippen molar-refractivity contribution in [1.29, 1.82) is 0 Å². The van der Waals surface area contributed by atoms with Crippen LogP contribution in [-0.2, 0) is 11.3 Å². The van der Waals surface area contributed by atoms with Crippen LogP contribution in [0.3, 0.4) is 0 Å². The maximum Gasteiger partial charge on any atom is 0.420 e. The molecule has 11 heteroatoms. The van der Waals surface area contributed by atoms with Crippen molar-refractivity contribution in [3.63, 3.8) is 0 Å². The summed E-state index contributed by atoms with van der Waals surface area (Å²) in [7, 11) is 0. The molecule has 0 radical (unpaired) electrons. The Morgan fingerprint density at radius 1 is 1.19 bits per heavy atom.